The van der Waals surface area contributed by atoms with E-state index in [4.69, 9.17) is 9.47 Å². The molecule has 1 fully saturated rings. The van der Waals surface area contributed by atoms with E-state index in [-0.39, 0.29) is 10.6 Å². The topological polar surface area (TPSA) is 18.5 Å². The molecule has 0 spiro atoms. The summed E-state index contributed by atoms with van der Waals surface area (Å²) in [6.45, 7) is 0. The summed E-state index contributed by atoms with van der Waals surface area (Å²) in [5, 5.41) is 0. The molecule has 1 aliphatic carbocycles. The van der Waals surface area contributed by atoms with E-state index >= 15 is 0 Å². The first-order valence-corrected chi connectivity index (χ1v) is 8.12. The summed E-state index contributed by atoms with van der Waals surface area (Å²) in [7, 11) is 3.09. The van der Waals surface area contributed by atoms with Crippen LogP contribution in [-0.2, 0) is 0 Å². The molecule has 0 N–H and O–H groups in total. The quantitative estimate of drug-likeness (QED) is 0.656. The average Bonchev–Trinajstić information content (AvgIpc) is 2.97. The molecule has 0 amide bonds. The maximum atomic E-state index is 14.1. The Morgan fingerprint density at radius 2 is 1.80 bits per heavy atom. The summed E-state index contributed by atoms with van der Waals surface area (Å²) in [5.74, 6) is 1.59. The Balaban J connectivity index is 2.06. The molecule has 0 aromatic heterocycles. The number of ether oxygens (including phenoxy) is 2. The molecule has 1 aromatic carbocycles. The summed E-state index contributed by atoms with van der Waals surface area (Å²) in [4.78, 5) is 0.0305. The molecule has 112 valence electrons. The molecule has 1 aliphatic rings. The second-order valence-electron chi connectivity index (χ2n) is 5.42. The van der Waals surface area contributed by atoms with Crippen LogP contribution in [0.1, 0.15) is 48.9 Å². The van der Waals surface area contributed by atoms with Gasteiger partial charge in [-0.2, -0.15) is 0 Å². The van der Waals surface area contributed by atoms with Crippen molar-refractivity contribution >= 4 is 15.9 Å². The van der Waals surface area contributed by atoms with Gasteiger partial charge in [-0.25, -0.2) is 4.39 Å². The Bertz CT molecular complexity index is 444. The van der Waals surface area contributed by atoms with E-state index in [0.29, 0.717) is 17.1 Å². The second-order valence-corrected chi connectivity index (χ2v) is 6.53. The van der Waals surface area contributed by atoms with Crippen LogP contribution >= 0.6 is 15.9 Å². The summed E-state index contributed by atoms with van der Waals surface area (Å²) in [6.07, 6.45) is 7.47. The molecule has 20 heavy (non-hydrogen) atoms. The van der Waals surface area contributed by atoms with Gasteiger partial charge in [0.05, 0.1) is 14.2 Å². The van der Waals surface area contributed by atoms with E-state index in [0.717, 1.165) is 18.8 Å². The normalized spacial score (nSPS) is 17.2. The van der Waals surface area contributed by atoms with Gasteiger partial charge in [-0.05, 0) is 24.8 Å². The molecule has 2 rings (SSSR count). The van der Waals surface area contributed by atoms with Crippen LogP contribution in [0.4, 0.5) is 4.39 Å². The number of hydrogen-bond donors (Lipinski definition) is 0. The van der Waals surface area contributed by atoms with E-state index in [2.05, 4.69) is 15.9 Å². The van der Waals surface area contributed by atoms with Crippen molar-refractivity contribution in [3.05, 3.63) is 23.5 Å². The minimum Gasteiger partial charge on any atom is -0.493 e. The summed E-state index contributed by atoms with van der Waals surface area (Å²) in [6, 6.07) is 3.14. The van der Waals surface area contributed by atoms with Crippen molar-refractivity contribution in [1.29, 1.82) is 0 Å². The lowest BCUT2D eigenvalue weighted by Gasteiger charge is -2.16. The van der Waals surface area contributed by atoms with Gasteiger partial charge in [-0.15, -0.1) is 0 Å². The molecule has 1 unspecified atom stereocenters. The van der Waals surface area contributed by atoms with Gasteiger partial charge < -0.3 is 9.47 Å². The zero-order valence-corrected chi connectivity index (χ0v) is 13.7. The third-order valence-electron chi connectivity index (χ3n) is 4.14. The molecule has 0 radical (unpaired) electrons. The molecule has 1 atom stereocenters. The van der Waals surface area contributed by atoms with E-state index < -0.39 is 0 Å². The van der Waals surface area contributed by atoms with Crippen molar-refractivity contribution in [2.24, 2.45) is 5.92 Å². The first-order valence-electron chi connectivity index (χ1n) is 7.21. The molecule has 0 aliphatic heterocycles. The van der Waals surface area contributed by atoms with Crippen molar-refractivity contribution in [3.8, 4) is 11.5 Å². The number of benzene rings is 1. The second kappa shape index (κ2) is 7.30. The van der Waals surface area contributed by atoms with Crippen LogP contribution < -0.4 is 9.47 Å². The summed E-state index contributed by atoms with van der Waals surface area (Å²) in [5.41, 5.74) is 0.653. The highest BCUT2D eigenvalue weighted by Crippen LogP contribution is 2.39. The smallest absolute Gasteiger partial charge is 0.163 e. The Labute approximate surface area is 128 Å². The lowest BCUT2D eigenvalue weighted by Crippen LogP contribution is -2.01. The molecule has 0 heterocycles. The van der Waals surface area contributed by atoms with Crippen LogP contribution in [0, 0.1) is 11.7 Å². The SMILES string of the molecule is COc1cc(F)c(C(Br)CCC2CCCC2)cc1OC. The van der Waals surface area contributed by atoms with Crippen LogP contribution in [0.15, 0.2) is 12.1 Å². The number of alkyl halides is 1. The molecule has 1 aromatic rings. The fourth-order valence-electron chi connectivity index (χ4n) is 2.95. The highest BCUT2D eigenvalue weighted by atomic mass is 79.9. The number of halogens is 2. The van der Waals surface area contributed by atoms with Crippen molar-refractivity contribution in [3.63, 3.8) is 0 Å². The zero-order chi connectivity index (χ0) is 14.5. The summed E-state index contributed by atoms with van der Waals surface area (Å²) < 4.78 is 24.5. The standard InChI is InChI=1S/C16H22BrFO2/c1-19-15-9-12(14(18)10-16(15)20-2)13(17)8-7-11-5-3-4-6-11/h9-11,13H,3-8H2,1-2H3. The molecule has 0 saturated heterocycles. The van der Waals surface area contributed by atoms with Crippen LogP contribution in [0.25, 0.3) is 0 Å². The van der Waals surface area contributed by atoms with E-state index in [1.807, 2.05) is 0 Å². The number of hydrogen-bond acceptors (Lipinski definition) is 2. The molecule has 1 saturated carbocycles. The fourth-order valence-corrected chi connectivity index (χ4v) is 3.56. The van der Waals surface area contributed by atoms with Gasteiger partial charge in [0, 0.05) is 16.5 Å². The first-order chi connectivity index (χ1) is 9.65. The van der Waals surface area contributed by atoms with Gasteiger partial charge in [0.15, 0.2) is 11.5 Å². The Kier molecular flexibility index (Phi) is 5.70. The van der Waals surface area contributed by atoms with Crippen LogP contribution in [0.2, 0.25) is 0 Å². The lowest BCUT2D eigenvalue weighted by atomic mass is 9.98. The number of rotatable bonds is 6. The van der Waals surface area contributed by atoms with Gasteiger partial charge in [0.25, 0.3) is 0 Å². The van der Waals surface area contributed by atoms with Crippen molar-refractivity contribution in [2.45, 2.75) is 43.4 Å². The average molecular weight is 345 g/mol. The predicted octanol–water partition coefficient (Wildman–Crippen LogP) is 5.25. The molecule has 2 nitrogen and oxygen atoms in total. The van der Waals surface area contributed by atoms with Gasteiger partial charge in [0.2, 0.25) is 0 Å². The third-order valence-corrected chi connectivity index (χ3v) is 5.09. The first kappa shape index (κ1) is 15.6. The minimum absolute atomic E-state index is 0.0305. The van der Waals surface area contributed by atoms with Crippen molar-refractivity contribution < 1.29 is 13.9 Å². The highest BCUT2D eigenvalue weighted by molar-refractivity contribution is 9.09. The van der Waals surface area contributed by atoms with Crippen LogP contribution in [-0.4, -0.2) is 14.2 Å². The van der Waals surface area contributed by atoms with Gasteiger partial charge in [0.1, 0.15) is 5.82 Å². The monoisotopic (exact) mass is 344 g/mol. The third kappa shape index (κ3) is 3.66. The van der Waals surface area contributed by atoms with Crippen LogP contribution in [0.5, 0.6) is 11.5 Å². The number of methoxy groups -OCH3 is 2. The largest absolute Gasteiger partial charge is 0.493 e. The zero-order valence-electron chi connectivity index (χ0n) is 12.1. The Hall–Kier alpha value is -0.770. The van der Waals surface area contributed by atoms with Gasteiger partial charge in [-0.3, -0.25) is 0 Å². The molecular formula is C16H22BrFO2. The minimum atomic E-state index is -0.240. The highest BCUT2D eigenvalue weighted by Gasteiger charge is 2.20. The summed E-state index contributed by atoms with van der Waals surface area (Å²) >= 11 is 3.62. The Morgan fingerprint density at radius 3 is 2.40 bits per heavy atom. The molecule has 4 heteroatoms. The Morgan fingerprint density at radius 1 is 1.20 bits per heavy atom. The lowest BCUT2D eigenvalue weighted by molar-refractivity contribution is 0.351. The van der Waals surface area contributed by atoms with E-state index in [9.17, 15) is 4.39 Å². The predicted molar refractivity (Wildman–Crippen MR) is 82.4 cm³/mol. The maximum Gasteiger partial charge on any atom is 0.163 e. The van der Waals surface area contributed by atoms with Crippen molar-refractivity contribution in [1.82, 2.24) is 0 Å². The van der Waals surface area contributed by atoms with E-state index in [1.54, 1.807) is 13.2 Å². The molecular weight excluding hydrogens is 323 g/mol. The fraction of sp³-hybridized carbons (Fsp3) is 0.625. The maximum absolute atomic E-state index is 14.1. The molecule has 0 bridgehead atoms. The van der Waals surface area contributed by atoms with Gasteiger partial charge >= 0.3 is 0 Å². The van der Waals surface area contributed by atoms with Gasteiger partial charge in [-0.1, -0.05) is 41.6 Å². The van der Waals surface area contributed by atoms with Crippen molar-refractivity contribution in [2.75, 3.05) is 14.2 Å². The van der Waals surface area contributed by atoms with Crippen LogP contribution in [0.3, 0.4) is 0 Å². The van der Waals surface area contributed by atoms with E-state index in [1.165, 1.54) is 38.9 Å².